The highest BCUT2D eigenvalue weighted by molar-refractivity contribution is 5.67. The minimum Gasteiger partial charge on any atom is -0.423 e. The number of oxazole rings is 1. The van der Waals surface area contributed by atoms with Gasteiger partial charge in [0.2, 0.25) is 5.95 Å². The molecule has 28 heavy (non-hydrogen) atoms. The minimum atomic E-state index is -0.369. The van der Waals surface area contributed by atoms with Crippen molar-refractivity contribution in [1.29, 1.82) is 0 Å². The van der Waals surface area contributed by atoms with Crippen LogP contribution in [-0.2, 0) is 11.2 Å². The molecule has 0 amide bonds. The van der Waals surface area contributed by atoms with E-state index in [1.807, 2.05) is 37.3 Å². The van der Waals surface area contributed by atoms with E-state index in [2.05, 4.69) is 20.3 Å². The number of aromatic nitrogens is 3. The van der Waals surface area contributed by atoms with Gasteiger partial charge in [-0.25, -0.2) is 15.0 Å². The molecule has 0 aliphatic rings. The van der Waals surface area contributed by atoms with E-state index in [4.69, 9.17) is 10.2 Å². The maximum Gasteiger partial charge on any atom is 0.298 e. The molecule has 0 radical (unpaired) electrons. The summed E-state index contributed by atoms with van der Waals surface area (Å²) in [5, 5.41) is 3.21. The summed E-state index contributed by atoms with van der Waals surface area (Å²) in [5.74, 6) is 1.14. The van der Waals surface area contributed by atoms with Crippen molar-refractivity contribution in [1.82, 2.24) is 15.0 Å². The number of carbonyl (C=O) groups is 1. The van der Waals surface area contributed by atoms with Crippen molar-refractivity contribution in [3.8, 4) is 11.3 Å². The van der Waals surface area contributed by atoms with Gasteiger partial charge in [-0.15, -0.1) is 0 Å². The quantitative estimate of drug-likeness (QED) is 0.545. The molecule has 2 aromatic heterocycles. The number of hydrogen-bond acceptors (Lipinski definition) is 8. The van der Waals surface area contributed by atoms with Gasteiger partial charge in [0.25, 0.3) is 6.01 Å². The SMILES string of the molecule is CCc1ccnc(Nc2cccc(-c3cnc(N(CCN)C(C)C=O)o3)c2)n1. The maximum atomic E-state index is 11.2. The topological polar surface area (TPSA) is 110 Å². The van der Waals surface area contributed by atoms with E-state index in [-0.39, 0.29) is 6.04 Å². The van der Waals surface area contributed by atoms with Gasteiger partial charge in [-0.1, -0.05) is 19.1 Å². The highest BCUT2D eigenvalue weighted by Crippen LogP contribution is 2.27. The summed E-state index contributed by atoms with van der Waals surface area (Å²) in [6.45, 7) is 4.70. The first-order valence-electron chi connectivity index (χ1n) is 9.21. The second kappa shape index (κ2) is 9.09. The van der Waals surface area contributed by atoms with Crippen LogP contribution in [0.3, 0.4) is 0 Å². The van der Waals surface area contributed by atoms with Crippen LogP contribution in [0, 0.1) is 0 Å². The molecule has 8 heteroatoms. The monoisotopic (exact) mass is 380 g/mol. The molecule has 0 bridgehead atoms. The molecule has 1 atom stereocenters. The lowest BCUT2D eigenvalue weighted by Gasteiger charge is -2.22. The fourth-order valence-corrected chi connectivity index (χ4v) is 2.75. The molecule has 0 aliphatic carbocycles. The van der Waals surface area contributed by atoms with Crippen molar-refractivity contribution < 1.29 is 9.21 Å². The number of aldehydes is 1. The Kier molecular flexibility index (Phi) is 6.33. The summed E-state index contributed by atoms with van der Waals surface area (Å²) >= 11 is 0. The Morgan fingerprint density at radius 2 is 2.18 bits per heavy atom. The average Bonchev–Trinajstić information content (AvgIpc) is 3.21. The first kappa shape index (κ1) is 19.5. The Morgan fingerprint density at radius 3 is 2.93 bits per heavy atom. The van der Waals surface area contributed by atoms with Gasteiger partial charge in [0.15, 0.2) is 5.76 Å². The zero-order valence-electron chi connectivity index (χ0n) is 16.0. The maximum absolute atomic E-state index is 11.2. The first-order chi connectivity index (χ1) is 13.6. The van der Waals surface area contributed by atoms with Crippen molar-refractivity contribution in [2.75, 3.05) is 23.3 Å². The fraction of sp³-hybridized carbons (Fsp3) is 0.300. The average molecular weight is 380 g/mol. The van der Waals surface area contributed by atoms with Crippen LogP contribution in [-0.4, -0.2) is 40.4 Å². The van der Waals surface area contributed by atoms with E-state index < -0.39 is 0 Å². The van der Waals surface area contributed by atoms with E-state index in [1.54, 1.807) is 24.2 Å². The molecular weight excluding hydrogens is 356 g/mol. The van der Waals surface area contributed by atoms with Crippen molar-refractivity contribution >= 4 is 23.9 Å². The van der Waals surface area contributed by atoms with E-state index in [9.17, 15) is 4.79 Å². The number of carbonyl (C=O) groups excluding carboxylic acids is 1. The van der Waals surface area contributed by atoms with Crippen LogP contribution in [0.15, 0.2) is 47.1 Å². The third-order valence-corrected chi connectivity index (χ3v) is 4.28. The second-order valence-electron chi connectivity index (χ2n) is 6.30. The minimum absolute atomic E-state index is 0.369. The molecule has 0 saturated heterocycles. The lowest BCUT2D eigenvalue weighted by molar-refractivity contribution is -0.108. The summed E-state index contributed by atoms with van der Waals surface area (Å²) in [7, 11) is 0. The van der Waals surface area contributed by atoms with E-state index in [0.29, 0.717) is 30.8 Å². The normalized spacial score (nSPS) is 11.8. The summed E-state index contributed by atoms with van der Waals surface area (Å²) in [5.41, 5.74) is 8.30. The predicted molar refractivity (Wildman–Crippen MR) is 109 cm³/mol. The van der Waals surface area contributed by atoms with Crippen LogP contribution in [0.5, 0.6) is 0 Å². The molecule has 3 N–H and O–H groups in total. The van der Waals surface area contributed by atoms with Crippen LogP contribution in [0.1, 0.15) is 19.5 Å². The zero-order chi connectivity index (χ0) is 19.9. The highest BCUT2D eigenvalue weighted by atomic mass is 16.4. The molecule has 0 fully saturated rings. The Labute approximate surface area is 163 Å². The van der Waals surface area contributed by atoms with Crippen LogP contribution in [0.4, 0.5) is 17.7 Å². The van der Waals surface area contributed by atoms with Gasteiger partial charge in [-0.2, -0.15) is 0 Å². The number of aryl methyl sites for hydroxylation is 1. The molecule has 2 heterocycles. The second-order valence-corrected chi connectivity index (χ2v) is 6.30. The number of nitrogens with two attached hydrogens (primary N) is 1. The van der Waals surface area contributed by atoms with Gasteiger partial charge >= 0.3 is 0 Å². The van der Waals surface area contributed by atoms with Crippen molar-refractivity contribution in [2.24, 2.45) is 5.73 Å². The van der Waals surface area contributed by atoms with Crippen LogP contribution >= 0.6 is 0 Å². The molecule has 1 unspecified atom stereocenters. The summed E-state index contributed by atoms with van der Waals surface area (Å²) in [6, 6.07) is 9.60. The molecule has 0 saturated carbocycles. The molecule has 0 aliphatic heterocycles. The molecular formula is C20H24N6O2. The molecule has 1 aromatic carbocycles. The van der Waals surface area contributed by atoms with Gasteiger partial charge in [-0.05, 0) is 31.5 Å². The number of anilines is 3. The fourth-order valence-electron chi connectivity index (χ4n) is 2.75. The third-order valence-electron chi connectivity index (χ3n) is 4.28. The van der Waals surface area contributed by atoms with Crippen molar-refractivity contribution in [3.05, 3.63) is 48.4 Å². The van der Waals surface area contributed by atoms with Gasteiger partial charge in [0.05, 0.1) is 12.2 Å². The van der Waals surface area contributed by atoms with Gasteiger partial charge < -0.3 is 25.2 Å². The Balaban J connectivity index is 1.82. The number of benzene rings is 1. The Bertz CT molecular complexity index is 926. The van der Waals surface area contributed by atoms with Crippen LogP contribution < -0.4 is 16.0 Å². The smallest absolute Gasteiger partial charge is 0.298 e. The number of nitrogens with one attached hydrogen (secondary N) is 1. The number of rotatable bonds is 9. The van der Waals surface area contributed by atoms with Gasteiger partial charge in [0, 0.05) is 36.2 Å². The van der Waals surface area contributed by atoms with E-state index in [0.717, 1.165) is 29.7 Å². The van der Waals surface area contributed by atoms with Crippen LogP contribution in [0.2, 0.25) is 0 Å². The molecule has 146 valence electrons. The molecule has 0 spiro atoms. The Hall–Kier alpha value is -3.26. The number of hydrogen-bond donors (Lipinski definition) is 2. The van der Waals surface area contributed by atoms with Crippen molar-refractivity contribution in [3.63, 3.8) is 0 Å². The highest BCUT2D eigenvalue weighted by Gasteiger charge is 2.19. The zero-order valence-corrected chi connectivity index (χ0v) is 16.0. The summed E-state index contributed by atoms with van der Waals surface area (Å²) in [4.78, 5) is 25.9. The van der Waals surface area contributed by atoms with Crippen LogP contribution in [0.25, 0.3) is 11.3 Å². The van der Waals surface area contributed by atoms with Gasteiger partial charge in [-0.3, -0.25) is 0 Å². The lowest BCUT2D eigenvalue weighted by Crippen LogP contribution is -2.38. The van der Waals surface area contributed by atoms with Gasteiger partial charge in [0.1, 0.15) is 6.29 Å². The lowest BCUT2D eigenvalue weighted by atomic mass is 10.1. The predicted octanol–water partition coefficient (Wildman–Crippen LogP) is 2.79. The summed E-state index contributed by atoms with van der Waals surface area (Å²) < 4.78 is 5.89. The van der Waals surface area contributed by atoms with E-state index in [1.165, 1.54) is 0 Å². The molecule has 8 nitrogen and oxygen atoms in total. The Morgan fingerprint density at radius 1 is 1.32 bits per heavy atom. The molecule has 3 rings (SSSR count). The first-order valence-corrected chi connectivity index (χ1v) is 9.21. The van der Waals surface area contributed by atoms with Crippen molar-refractivity contribution in [2.45, 2.75) is 26.3 Å². The molecule has 3 aromatic rings. The standard InChI is InChI=1S/C20H24N6O2/c1-3-16-7-9-22-19(24-16)25-17-6-4-5-15(11-17)18-12-23-20(28-18)26(10-8-21)14(2)13-27/h4-7,9,11-14H,3,8,10,21H2,1-2H3,(H,22,24,25). The number of nitrogens with zero attached hydrogens (tertiary/aromatic N) is 4. The summed E-state index contributed by atoms with van der Waals surface area (Å²) in [6.07, 6.45) is 5.07. The third kappa shape index (κ3) is 4.52. The largest absolute Gasteiger partial charge is 0.423 e. The van der Waals surface area contributed by atoms with E-state index >= 15 is 0 Å².